The monoisotopic (exact) mass is 406 g/mol. The van der Waals surface area contributed by atoms with Gasteiger partial charge in [0.1, 0.15) is 18.2 Å². The summed E-state index contributed by atoms with van der Waals surface area (Å²) < 4.78 is 36.9. The first kappa shape index (κ1) is 20.6. The van der Waals surface area contributed by atoms with Crippen molar-refractivity contribution >= 4 is 35.1 Å². The van der Waals surface area contributed by atoms with Gasteiger partial charge in [0.25, 0.3) is 0 Å². The van der Waals surface area contributed by atoms with Crippen molar-refractivity contribution < 1.29 is 27.8 Å². The van der Waals surface area contributed by atoms with Crippen LogP contribution in [0.3, 0.4) is 0 Å². The molecule has 26 heavy (non-hydrogen) atoms. The number of halogens is 4. The summed E-state index contributed by atoms with van der Waals surface area (Å²) in [6.45, 7) is 4.85. The molecule has 1 aromatic carbocycles. The smallest absolute Gasteiger partial charge is 0.333 e. The van der Waals surface area contributed by atoms with E-state index in [4.69, 9.17) is 27.9 Å². The number of allylic oxidation sites excluding steroid dienone is 1. The van der Waals surface area contributed by atoms with Crippen LogP contribution in [-0.4, -0.2) is 19.0 Å². The van der Waals surface area contributed by atoms with Gasteiger partial charge in [-0.15, -0.1) is 0 Å². The second-order valence-corrected chi connectivity index (χ2v) is 7.48. The SMILES string of the molecule is COC(=O)/C(C)=C/[C@@H]1[C@@H](C(=O)OCc2c(Cl)c(F)cc(F)c2Cl)C1(C)C. The fourth-order valence-corrected chi connectivity index (χ4v) is 3.38. The zero-order valence-corrected chi connectivity index (χ0v) is 16.2. The fourth-order valence-electron chi connectivity index (χ4n) is 2.92. The van der Waals surface area contributed by atoms with Crippen molar-refractivity contribution in [2.75, 3.05) is 7.11 Å². The van der Waals surface area contributed by atoms with Crippen LogP contribution >= 0.6 is 23.2 Å². The fraction of sp³-hybridized carbons (Fsp3) is 0.444. The Morgan fingerprint density at radius 1 is 1.23 bits per heavy atom. The largest absolute Gasteiger partial charge is 0.466 e. The summed E-state index contributed by atoms with van der Waals surface area (Å²) in [5.41, 5.74) is -0.165. The number of ether oxygens (including phenoxy) is 2. The van der Waals surface area contributed by atoms with Crippen LogP contribution in [0.2, 0.25) is 10.0 Å². The molecular formula is C18H18Cl2F2O4. The minimum absolute atomic E-state index is 0.129. The van der Waals surface area contributed by atoms with Crippen molar-refractivity contribution in [1.29, 1.82) is 0 Å². The van der Waals surface area contributed by atoms with Crippen molar-refractivity contribution in [2.24, 2.45) is 17.3 Å². The Labute approximate surface area is 160 Å². The molecule has 1 fully saturated rings. The Morgan fingerprint density at radius 2 is 1.77 bits per heavy atom. The zero-order valence-electron chi connectivity index (χ0n) is 14.7. The Morgan fingerprint density at radius 3 is 2.27 bits per heavy atom. The summed E-state index contributed by atoms with van der Waals surface area (Å²) in [6, 6.07) is 0.566. The first-order valence-electron chi connectivity index (χ1n) is 7.77. The minimum Gasteiger partial charge on any atom is -0.466 e. The third kappa shape index (κ3) is 3.86. The predicted molar refractivity (Wildman–Crippen MR) is 92.7 cm³/mol. The van der Waals surface area contributed by atoms with Crippen molar-refractivity contribution in [3.63, 3.8) is 0 Å². The van der Waals surface area contributed by atoms with Crippen LogP contribution in [0.5, 0.6) is 0 Å². The normalized spacial score (nSPS) is 21.3. The molecule has 2 rings (SSSR count). The second-order valence-electron chi connectivity index (χ2n) is 6.72. The molecule has 0 aromatic heterocycles. The van der Waals surface area contributed by atoms with Gasteiger partial charge in [-0.2, -0.15) is 0 Å². The van der Waals surface area contributed by atoms with Crippen molar-refractivity contribution in [1.82, 2.24) is 0 Å². The van der Waals surface area contributed by atoms with E-state index in [0.717, 1.165) is 0 Å². The number of esters is 2. The molecule has 1 aromatic rings. The van der Waals surface area contributed by atoms with Gasteiger partial charge in [-0.25, -0.2) is 13.6 Å². The number of carbonyl (C=O) groups is 2. The standard InChI is InChI=1S/C18H18Cl2F2O4/c1-8(16(23)25-4)5-10-13(18(10,2)3)17(24)26-7-9-14(19)11(21)6-12(22)15(9)20/h5-6,10,13H,7H2,1-4H3/b8-5+/t10-,13+/m1/s1. The lowest BCUT2D eigenvalue weighted by Gasteiger charge is -2.10. The summed E-state index contributed by atoms with van der Waals surface area (Å²) >= 11 is 11.6. The number of rotatable bonds is 5. The third-order valence-electron chi connectivity index (χ3n) is 4.66. The van der Waals surface area contributed by atoms with Crippen LogP contribution in [0, 0.1) is 28.9 Å². The number of methoxy groups -OCH3 is 1. The highest BCUT2D eigenvalue weighted by atomic mass is 35.5. The van der Waals surface area contributed by atoms with E-state index in [1.165, 1.54) is 7.11 Å². The van der Waals surface area contributed by atoms with E-state index in [0.29, 0.717) is 11.6 Å². The molecule has 1 saturated carbocycles. The molecule has 0 amide bonds. The summed E-state index contributed by atoms with van der Waals surface area (Å²) in [5.74, 6) is -3.73. The average molecular weight is 407 g/mol. The maximum absolute atomic E-state index is 13.5. The maximum atomic E-state index is 13.5. The molecule has 0 bridgehead atoms. The average Bonchev–Trinajstić information content (AvgIpc) is 3.12. The van der Waals surface area contributed by atoms with Gasteiger partial charge >= 0.3 is 11.9 Å². The van der Waals surface area contributed by atoms with Crippen LogP contribution in [-0.2, 0) is 25.7 Å². The van der Waals surface area contributed by atoms with E-state index in [9.17, 15) is 18.4 Å². The molecule has 0 aliphatic heterocycles. The van der Waals surface area contributed by atoms with E-state index in [1.807, 2.05) is 13.8 Å². The third-order valence-corrected chi connectivity index (χ3v) is 5.48. The summed E-state index contributed by atoms with van der Waals surface area (Å²) in [5, 5.41) is -0.783. The Balaban J connectivity index is 2.11. The van der Waals surface area contributed by atoms with Crippen molar-refractivity contribution in [3.8, 4) is 0 Å². The number of hydrogen-bond acceptors (Lipinski definition) is 4. The van der Waals surface area contributed by atoms with Crippen LogP contribution in [0.4, 0.5) is 8.78 Å². The lowest BCUT2D eigenvalue weighted by atomic mass is 10.1. The molecular weight excluding hydrogens is 389 g/mol. The molecule has 1 aliphatic rings. The van der Waals surface area contributed by atoms with Gasteiger partial charge in [-0.1, -0.05) is 43.1 Å². The number of hydrogen-bond donors (Lipinski definition) is 0. The van der Waals surface area contributed by atoms with Crippen molar-refractivity contribution in [2.45, 2.75) is 27.4 Å². The molecule has 0 N–H and O–H groups in total. The zero-order chi connectivity index (χ0) is 19.8. The minimum atomic E-state index is -0.985. The van der Waals surface area contributed by atoms with E-state index in [-0.39, 0.29) is 11.5 Å². The lowest BCUT2D eigenvalue weighted by molar-refractivity contribution is -0.147. The van der Waals surface area contributed by atoms with E-state index < -0.39 is 51.6 Å². The molecule has 142 valence electrons. The number of benzene rings is 1. The second kappa shape index (κ2) is 7.53. The molecule has 8 heteroatoms. The molecule has 4 nitrogen and oxygen atoms in total. The van der Waals surface area contributed by atoms with Gasteiger partial charge in [0.15, 0.2) is 0 Å². The van der Waals surface area contributed by atoms with E-state index in [2.05, 4.69) is 4.74 Å². The van der Waals surface area contributed by atoms with Gasteiger partial charge in [-0.05, 0) is 18.3 Å². The highest BCUT2D eigenvalue weighted by molar-refractivity contribution is 6.36. The predicted octanol–water partition coefficient (Wildman–Crippen LogP) is 4.71. The van der Waals surface area contributed by atoms with Crippen LogP contribution in [0.15, 0.2) is 17.7 Å². The van der Waals surface area contributed by atoms with Crippen LogP contribution in [0.1, 0.15) is 26.3 Å². The molecule has 2 atom stereocenters. The highest BCUT2D eigenvalue weighted by Gasteiger charge is 2.61. The molecule has 1 aliphatic carbocycles. The molecule has 0 unspecified atom stereocenters. The van der Waals surface area contributed by atoms with Crippen LogP contribution < -0.4 is 0 Å². The Kier molecular flexibility index (Phi) is 5.98. The Bertz CT molecular complexity index is 764. The molecule has 0 saturated heterocycles. The quantitative estimate of drug-likeness (QED) is 0.403. The van der Waals surface area contributed by atoms with E-state index in [1.54, 1.807) is 13.0 Å². The summed E-state index contributed by atoms with van der Waals surface area (Å²) in [4.78, 5) is 23.9. The topological polar surface area (TPSA) is 52.6 Å². The molecule has 0 spiro atoms. The van der Waals surface area contributed by atoms with Gasteiger partial charge in [0.2, 0.25) is 0 Å². The lowest BCUT2D eigenvalue weighted by Crippen LogP contribution is -2.11. The van der Waals surface area contributed by atoms with Gasteiger partial charge < -0.3 is 9.47 Å². The van der Waals surface area contributed by atoms with Gasteiger partial charge in [-0.3, -0.25) is 4.79 Å². The van der Waals surface area contributed by atoms with Crippen molar-refractivity contribution in [3.05, 3.63) is 45.0 Å². The van der Waals surface area contributed by atoms with E-state index >= 15 is 0 Å². The summed E-state index contributed by atoms with van der Waals surface area (Å²) in [7, 11) is 1.27. The first-order chi connectivity index (χ1) is 12.0. The summed E-state index contributed by atoms with van der Waals surface area (Å²) in [6.07, 6.45) is 1.67. The molecule has 0 heterocycles. The molecule has 0 radical (unpaired) electrons. The van der Waals surface area contributed by atoms with Gasteiger partial charge in [0.05, 0.1) is 23.1 Å². The van der Waals surface area contributed by atoms with Crippen LogP contribution in [0.25, 0.3) is 0 Å². The maximum Gasteiger partial charge on any atom is 0.333 e. The highest BCUT2D eigenvalue weighted by Crippen LogP contribution is 2.60. The number of carbonyl (C=O) groups excluding carboxylic acids is 2. The van der Waals surface area contributed by atoms with Gasteiger partial charge in [0, 0.05) is 17.2 Å². The first-order valence-corrected chi connectivity index (χ1v) is 8.53. The Hall–Kier alpha value is -1.66.